The van der Waals surface area contributed by atoms with Gasteiger partial charge in [0, 0.05) is 11.3 Å². The largest absolute Gasteiger partial charge is 0.496 e. The number of hydrogen-bond donors (Lipinski definition) is 0. The first-order valence-electron chi connectivity index (χ1n) is 8.56. The van der Waals surface area contributed by atoms with Crippen LogP contribution in [0.4, 0.5) is 4.39 Å². The summed E-state index contributed by atoms with van der Waals surface area (Å²) in [6, 6.07) is 12.3. The number of esters is 1. The molecule has 27 heavy (non-hydrogen) atoms. The predicted molar refractivity (Wildman–Crippen MR) is 101 cm³/mol. The van der Waals surface area contributed by atoms with Gasteiger partial charge in [0.1, 0.15) is 23.0 Å². The van der Waals surface area contributed by atoms with Crippen LogP contribution in [-0.4, -0.2) is 42.3 Å². The Morgan fingerprint density at radius 1 is 1.19 bits per heavy atom. The van der Waals surface area contributed by atoms with Crippen LogP contribution in [0, 0.1) is 5.82 Å². The highest BCUT2D eigenvalue weighted by atomic mass is 32.2. The molecule has 0 aliphatic carbocycles. The minimum Gasteiger partial charge on any atom is -0.496 e. The minimum absolute atomic E-state index is 0.0748. The van der Waals surface area contributed by atoms with E-state index >= 15 is 0 Å². The maximum atomic E-state index is 14.2. The quantitative estimate of drug-likeness (QED) is 0.731. The van der Waals surface area contributed by atoms with Gasteiger partial charge in [-0.3, -0.25) is 4.79 Å². The molecular weight excluding hydrogens is 369 g/mol. The first-order chi connectivity index (χ1) is 13.1. The van der Waals surface area contributed by atoms with Gasteiger partial charge in [-0.15, -0.1) is 11.8 Å². The van der Waals surface area contributed by atoms with Crippen LogP contribution in [0.1, 0.15) is 28.2 Å². The van der Waals surface area contributed by atoms with Crippen molar-refractivity contribution in [3.63, 3.8) is 0 Å². The Labute approximate surface area is 161 Å². The number of methoxy groups -OCH3 is 1. The molecule has 1 saturated heterocycles. The summed E-state index contributed by atoms with van der Waals surface area (Å²) in [4.78, 5) is 27.0. The number of amides is 1. The number of ether oxygens (including phenoxy) is 2. The molecule has 1 heterocycles. The van der Waals surface area contributed by atoms with E-state index in [2.05, 4.69) is 0 Å². The summed E-state index contributed by atoms with van der Waals surface area (Å²) in [7, 11) is 1.55. The van der Waals surface area contributed by atoms with E-state index in [-0.39, 0.29) is 12.2 Å². The van der Waals surface area contributed by atoms with Crippen LogP contribution in [-0.2, 0) is 9.53 Å². The lowest BCUT2D eigenvalue weighted by Crippen LogP contribution is -2.44. The van der Waals surface area contributed by atoms with Crippen LogP contribution in [0.15, 0.2) is 48.5 Å². The fourth-order valence-corrected chi connectivity index (χ4v) is 4.50. The van der Waals surface area contributed by atoms with Crippen molar-refractivity contribution in [3.8, 4) is 5.75 Å². The molecule has 0 radical (unpaired) electrons. The van der Waals surface area contributed by atoms with Crippen LogP contribution in [0.5, 0.6) is 5.75 Å². The molecule has 0 spiro atoms. The average molecular weight is 389 g/mol. The number of carbonyl (C=O) groups is 2. The lowest BCUT2D eigenvalue weighted by atomic mass is 10.1. The van der Waals surface area contributed by atoms with Crippen molar-refractivity contribution in [2.24, 2.45) is 0 Å². The fraction of sp³-hybridized carbons (Fsp3) is 0.300. The van der Waals surface area contributed by atoms with Crippen LogP contribution in [0.3, 0.4) is 0 Å². The SMILES string of the molecule is CCOC(=O)C1CSC(c2ccccc2OC)N1C(=O)c1ccccc1F. The molecule has 2 unspecified atom stereocenters. The van der Waals surface area contributed by atoms with E-state index in [0.717, 1.165) is 5.56 Å². The molecule has 1 aliphatic heterocycles. The van der Waals surface area contributed by atoms with E-state index < -0.39 is 29.1 Å². The Bertz CT molecular complexity index is 844. The van der Waals surface area contributed by atoms with Gasteiger partial charge >= 0.3 is 5.97 Å². The Hall–Kier alpha value is -2.54. The van der Waals surface area contributed by atoms with E-state index in [4.69, 9.17) is 9.47 Å². The van der Waals surface area contributed by atoms with Crippen LogP contribution in [0.25, 0.3) is 0 Å². The lowest BCUT2D eigenvalue weighted by Gasteiger charge is -2.29. The van der Waals surface area contributed by atoms with Crippen LogP contribution in [0.2, 0.25) is 0 Å². The average Bonchev–Trinajstić information content (AvgIpc) is 3.13. The van der Waals surface area contributed by atoms with Gasteiger partial charge in [-0.1, -0.05) is 30.3 Å². The summed E-state index contributed by atoms with van der Waals surface area (Å²) < 4.78 is 24.8. The normalized spacial score (nSPS) is 19.0. The zero-order chi connectivity index (χ0) is 19.4. The molecule has 2 aromatic carbocycles. The number of halogens is 1. The highest BCUT2D eigenvalue weighted by Crippen LogP contribution is 2.45. The summed E-state index contributed by atoms with van der Waals surface area (Å²) in [5.41, 5.74) is 0.677. The summed E-state index contributed by atoms with van der Waals surface area (Å²) in [5, 5.41) is -0.484. The molecular formula is C20H20FNO4S. The van der Waals surface area contributed by atoms with Gasteiger partial charge in [0.25, 0.3) is 5.91 Å². The number of carbonyl (C=O) groups excluding carboxylic acids is 2. The first-order valence-corrected chi connectivity index (χ1v) is 9.61. The standard InChI is InChI=1S/C20H20FNO4S/c1-3-26-20(24)16-12-27-19(14-9-5-7-11-17(14)25-2)22(16)18(23)13-8-4-6-10-15(13)21/h4-11,16,19H,3,12H2,1-2H3. The van der Waals surface area contributed by atoms with E-state index in [1.807, 2.05) is 18.2 Å². The number of para-hydroxylation sites is 1. The van der Waals surface area contributed by atoms with Crippen molar-refractivity contribution >= 4 is 23.6 Å². The maximum absolute atomic E-state index is 14.2. The summed E-state index contributed by atoms with van der Waals surface area (Å²) in [6.07, 6.45) is 0. The number of thioether (sulfide) groups is 1. The zero-order valence-corrected chi connectivity index (χ0v) is 15.9. The number of hydrogen-bond acceptors (Lipinski definition) is 5. The van der Waals surface area contributed by atoms with Gasteiger partial charge in [0.05, 0.1) is 19.3 Å². The Morgan fingerprint density at radius 3 is 2.59 bits per heavy atom. The third-order valence-corrected chi connectivity index (χ3v) is 5.61. The van der Waals surface area contributed by atoms with Crippen molar-refractivity contribution in [3.05, 3.63) is 65.5 Å². The molecule has 1 fully saturated rings. The third-order valence-electron chi connectivity index (χ3n) is 4.30. The molecule has 5 nitrogen and oxygen atoms in total. The van der Waals surface area contributed by atoms with Gasteiger partial charge in [-0.25, -0.2) is 9.18 Å². The first kappa shape index (κ1) is 19.2. The lowest BCUT2D eigenvalue weighted by molar-refractivity contribution is -0.147. The molecule has 0 bridgehead atoms. The summed E-state index contributed by atoms with van der Waals surface area (Å²) >= 11 is 1.43. The fourth-order valence-electron chi connectivity index (χ4n) is 3.06. The van der Waals surface area contributed by atoms with E-state index in [0.29, 0.717) is 11.5 Å². The predicted octanol–water partition coefficient (Wildman–Crippen LogP) is 3.65. The molecule has 0 saturated carbocycles. The van der Waals surface area contributed by atoms with E-state index in [1.165, 1.54) is 34.9 Å². The molecule has 0 aromatic heterocycles. The van der Waals surface area contributed by atoms with Crippen LogP contribution < -0.4 is 4.74 Å². The second kappa shape index (κ2) is 8.43. The number of benzene rings is 2. The van der Waals surface area contributed by atoms with Gasteiger partial charge in [-0.2, -0.15) is 0 Å². The minimum atomic E-state index is -0.794. The van der Waals surface area contributed by atoms with Crippen molar-refractivity contribution in [1.29, 1.82) is 0 Å². The van der Waals surface area contributed by atoms with E-state index in [9.17, 15) is 14.0 Å². The summed E-state index contributed by atoms with van der Waals surface area (Å²) in [6.45, 7) is 1.92. The summed E-state index contributed by atoms with van der Waals surface area (Å²) in [5.74, 6) is -0.701. The molecule has 1 amide bonds. The van der Waals surface area contributed by atoms with Crippen LogP contribution >= 0.6 is 11.8 Å². The van der Waals surface area contributed by atoms with Crippen molar-refractivity contribution in [2.75, 3.05) is 19.5 Å². The topological polar surface area (TPSA) is 55.8 Å². The van der Waals surface area contributed by atoms with Gasteiger partial charge in [0.15, 0.2) is 0 Å². The molecule has 0 N–H and O–H groups in total. The van der Waals surface area contributed by atoms with Gasteiger partial charge in [0.2, 0.25) is 0 Å². The van der Waals surface area contributed by atoms with Gasteiger partial charge in [-0.05, 0) is 25.1 Å². The number of rotatable bonds is 5. The van der Waals surface area contributed by atoms with Crippen molar-refractivity contribution in [1.82, 2.24) is 4.90 Å². The molecule has 7 heteroatoms. The third kappa shape index (κ3) is 3.78. The van der Waals surface area contributed by atoms with Crippen molar-refractivity contribution in [2.45, 2.75) is 18.3 Å². The smallest absolute Gasteiger partial charge is 0.329 e. The Balaban J connectivity index is 2.04. The highest BCUT2D eigenvalue weighted by molar-refractivity contribution is 7.99. The van der Waals surface area contributed by atoms with E-state index in [1.54, 1.807) is 26.2 Å². The molecule has 2 aromatic rings. The number of nitrogens with zero attached hydrogens (tertiary/aromatic N) is 1. The second-order valence-corrected chi connectivity index (χ2v) is 7.00. The zero-order valence-electron chi connectivity index (χ0n) is 15.1. The second-order valence-electron chi connectivity index (χ2n) is 5.89. The molecule has 3 rings (SSSR count). The highest BCUT2D eigenvalue weighted by Gasteiger charge is 2.44. The molecule has 1 aliphatic rings. The Kier molecular flexibility index (Phi) is 6.01. The molecule has 142 valence electrons. The Morgan fingerprint density at radius 2 is 1.89 bits per heavy atom. The maximum Gasteiger partial charge on any atom is 0.329 e. The van der Waals surface area contributed by atoms with Crippen molar-refractivity contribution < 1.29 is 23.5 Å². The van der Waals surface area contributed by atoms with Gasteiger partial charge < -0.3 is 14.4 Å². The molecule has 2 atom stereocenters. The monoisotopic (exact) mass is 389 g/mol.